The van der Waals surface area contributed by atoms with Crippen molar-refractivity contribution in [2.45, 2.75) is 32.4 Å². The van der Waals surface area contributed by atoms with Gasteiger partial charge in [-0.2, -0.15) is 5.10 Å². The van der Waals surface area contributed by atoms with Gasteiger partial charge in [-0.15, -0.1) is 0 Å². The Bertz CT molecular complexity index is 907. The van der Waals surface area contributed by atoms with Gasteiger partial charge < -0.3 is 4.74 Å². The lowest BCUT2D eigenvalue weighted by atomic mass is 10.1. The lowest BCUT2D eigenvalue weighted by molar-refractivity contribution is 0.231. The number of aromatic nitrogens is 4. The summed E-state index contributed by atoms with van der Waals surface area (Å²) in [5.74, 6) is 0.144. The van der Waals surface area contributed by atoms with Crippen molar-refractivity contribution in [3.63, 3.8) is 0 Å². The van der Waals surface area contributed by atoms with E-state index in [2.05, 4.69) is 25.4 Å². The van der Waals surface area contributed by atoms with Gasteiger partial charge in [-0.05, 0) is 38.4 Å². The first-order valence-corrected chi connectivity index (χ1v) is 8.56. The number of halogens is 1. The van der Waals surface area contributed by atoms with Gasteiger partial charge in [0.1, 0.15) is 23.0 Å². The first-order valence-electron chi connectivity index (χ1n) is 8.56. The van der Waals surface area contributed by atoms with Crippen LogP contribution in [0.3, 0.4) is 0 Å². The molecule has 1 N–H and O–H groups in total. The number of H-pyrrole nitrogens is 1. The van der Waals surface area contributed by atoms with Crippen molar-refractivity contribution in [1.29, 1.82) is 0 Å². The van der Waals surface area contributed by atoms with Crippen molar-refractivity contribution in [1.82, 2.24) is 25.4 Å². The number of nitrogens with zero attached hydrogens (tertiary/aromatic N) is 4. The minimum absolute atomic E-state index is 0.157. The molecule has 8 heteroatoms. The number of methoxy groups -OCH3 is 1. The van der Waals surface area contributed by atoms with Gasteiger partial charge in [0.2, 0.25) is 0 Å². The molecular weight excluding hydrogens is 337 g/mol. The molecule has 1 unspecified atom stereocenters. The third-order valence-electron chi connectivity index (χ3n) is 4.90. The molecule has 3 heterocycles. The first-order chi connectivity index (χ1) is 12.7. The predicted octanol–water partition coefficient (Wildman–Crippen LogP) is 3.25. The summed E-state index contributed by atoms with van der Waals surface area (Å²) >= 11 is 0. The Balaban J connectivity index is 1.60. The van der Waals surface area contributed by atoms with Gasteiger partial charge in [0.25, 0.3) is 0 Å². The molecule has 3 aromatic rings. The van der Waals surface area contributed by atoms with Crippen LogP contribution in [-0.4, -0.2) is 39.1 Å². The molecule has 1 fully saturated rings. The molecule has 26 heavy (non-hydrogen) atoms. The molecule has 2 aromatic heterocycles. The fourth-order valence-corrected chi connectivity index (χ4v) is 3.57. The molecule has 1 aliphatic rings. The van der Waals surface area contributed by atoms with Gasteiger partial charge in [-0.3, -0.25) is 10.00 Å². The zero-order chi connectivity index (χ0) is 18.1. The number of hydrogen-bond donors (Lipinski definition) is 1. The summed E-state index contributed by atoms with van der Waals surface area (Å²) in [6.45, 7) is 3.49. The van der Waals surface area contributed by atoms with Gasteiger partial charge in [-0.25, -0.2) is 9.02 Å². The van der Waals surface area contributed by atoms with E-state index in [0.717, 1.165) is 36.3 Å². The zero-order valence-electron chi connectivity index (χ0n) is 14.7. The van der Waals surface area contributed by atoms with Crippen LogP contribution in [0.25, 0.3) is 11.3 Å². The van der Waals surface area contributed by atoms with E-state index in [1.54, 1.807) is 18.3 Å². The molecule has 0 bridgehead atoms. The number of likely N-dealkylation sites (tertiary alicyclic amines) is 1. The largest absolute Gasteiger partial charge is 0.497 e. The number of hydrogen-bond acceptors (Lipinski definition) is 6. The number of nitrogens with one attached hydrogen (secondary N) is 1. The van der Waals surface area contributed by atoms with E-state index in [-0.39, 0.29) is 11.9 Å². The number of aryl methyl sites for hydroxylation is 1. The van der Waals surface area contributed by atoms with E-state index in [1.165, 1.54) is 13.2 Å². The summed E-state index contributed by atoms with van der Waals surface area (Å²) in [4.78, 5) is 2.31. The Morgan fingerprint density at radius 2 is 2.27 bits per heavy atom. The SMILES string of the molecule is COc1ccc(-c2[nH]ncc2CN2CCCC2c2nonc2C)c(F)c1. The Morgan fingerprint density at radius 1 is 1.38 bits per heavy atom. The summed E-state index contributed by atoms with van der Waals surface area (Å²) in [6.07, 6.45) is 3.82. The van der Waals surface area contributed by atoms with Crippen LogP contribution in [0.4, 0.5) is 4.39 Å². The number of benzene rings is 1. The highest BCUT2D eigenvalue weighted by Crippen LogP contribution is 2.35. The summed E-state index contributed by atoms with van der Waals surface area (Å²) in [6, 6.07) is 4.98. The van der Waals surface area contributed by atoms with Crippen LogP contribution in [0, 0.1) is 12.7 Å². The van der Waals surface area contributed by atoms with Crippen molar-refractivity contribution in [3.05, 3.63) is 47.2 Å². The molecule has 4 rings (SSSR count). The van der Waals surface area contributed by atoms with E-state index < -0.39 is 0 Å². The molecule has 0 saturated carbocycles. The maximum absolute atomic E-state index is 14.5. The van der Waals surface area contributed by atoms with Crippen LogP contribution in [-0.2, 0) is 6.54 Å². The second-order valence-corrected chi connectivity index (χ2v) is 6.48. The molecule has 1 aromatic carbocycles. The van der Waals surface area contributed by atoms with E-state index in [9.17, 15) is 4.39 Å². The first kappa shape index (κ1) is 16.7. The summed E-state index contributed by atoms with van der Waals surface area (Å²) in [5.41, 5.74) is 3.80. The second-order valence-electron chi connectivity index (χ2n) is 6.48. The second kappa shape index (κ2) is 6.87. The van der Waals surface area contributed by atoms with E-state index in [1.807, 2.05) is 6.92 Å². The van der Waals surface area contributed by atoms with Gasteiger partial charge in [0.05, 0.1) is 25.0 Å². The highest BCUT2D eigenvalue weighted by Gasteiger charge is 2.31. The Morgan fingerprint density at radius 3 is 3.00 bits per heavy atom. The maximum Gasteiger partial charge on any atom is 0.136 e. The van der Waals surface area contributed by atoms with Crippen molar-refractivity contribution in [2.24, 2.45) is 0 Å². The summed E-state index contributed by atoms with van der Waals surface area (Å²) < 4.78 is 24.4. The third kappa shape index (κ3) is 2.96. The summed E-state index contributed by atoms with van der Waals surface area (Å²) in [7, 11) is 1.52. The van der Waals surface area contributed by atoms with Gasteiger partial charge in [0, 0.05) is 23.7 Å². The van der Waals surface area contributed by atoms with Crippen LogP contribution < -0.4 is 4.74 Å². The minimum atomic E-state index is -0.343. The predicted molar refractivity (Wildman–Crippen MR) is 92.0 cm³/mol. The van der Waals surface area contributed by atoms with Crippen molar-refractivity contribution in [2.75, 3.05) is 13.7 Å². The number of ether oxygens (including phenoxy) is 1. The lowest BCUT2D eigenvalue weighted by Crippen LogP contribution is -2.23. The Hall–Kier alpha value is -2.74. The van der Waals surface area contributed by atoms with Crippen molar-refractivity contribution >= 4 is 0 Å². The van der Waals surface area contributed by atoms with E-state index >= 15 is 0 Å². The molecule has 0 radical (unpaired) electrons. The Kier molecular flexibility index (Phi) is 4.42. The van der Waals surface area contributed by atoms with Crippen LogP contribution in [0.15, 0.2) is 29.0 Å². The van der Waals surface area contributed by atoms with Gasteiger partial charge >= 0.3 is 0 Å². The normalized spacial score (nSPS) is 17.7. The fraction of sp³-hybridized carbons (Fsp3) is 0.389. The number of rotatable bonds is 5. The van der Waals surface area contributed by atoms with Gasteiger partial charge in [0.15, 0.2) is 0 Å². The quantitative estimate of drug-likeness (QED) is 0.755. The highest BCUT2D eigenvalue weighted by atomic mass is 19.1. The minimum Gasteiger partial charge on any atom is -0.497 e. The fourth-order valence-electron chi connectivity index (χ4n) is 3.57. The molecule has 1 aliphatic heterocycles. The van der Waals surface area contributed by atoms with Crippen LogP contribution >= 0.6 is 0 Å². The Labute approximate surface area is 150 Å². The van der Waals surface area contributed by atoms with E-state index in [0.29, 0.717) is 23.6 Å². The van der Waals surface area contributed by atoms with Gasteiger partial charge in [-0.1, -0.05) is 10.3 Å². The standard InChI is InChI=1S/C18H20FN5O2/c1-11-17(23-26-22-11)16-4-3-7-24(16)10-12-9-20-21-18(12)14-6-5-13(25-2)8-15(14)19/h5-6,8-9,16H,3-4,7,10H2,1-2H3,(H,20,21). The molecular formula is C18H20FN5O2. The van der Waals surface area contributed by atoms with Crippen LogP contribution in [0.2, 0.25) is 0 Å². The molecule has 1 saturated heterocycles. The monoisotopic (exact) mass is 357 g/mol. The number of aromatic amines is 1. The smallest absolute Gasteiger partial charge is 0.136 e. The molecule has 0 amide bonds. The molecule has 7 nitrogen and oxygen atoms in total. The summed E-state index contributed by atoms with van der Waals surface area (Å²) in [5, 5.41) is 15.0. The van der Waals surface area contributed by atoms with E-state index in [4.69, 9.17) is 9.37 Å². The topological polar surface area (TPSA) is 80.1 Å². The van der Waals surface area contributed by atoms with Crippen LogP contribution in [0.5, 0.6) is 5.75 Å². The molecule has 136 valence electrons. The van der Waals surface area contributed by atoms with Crippen LogP contribution in [0.1, 0.15) is 35.8 Å². The zero-order valence-corrected chi connectivity index (χ0v) is 14.7. The molecule has 0 spiro atoms. The highest BCUT2D eigenvalue weighted by molar-refractivity contribution is 5.64. The average molecular weight is 357 g/mol. The third-order valence-corrected chi connectivity index (χ3v) is 4.90. The van der Waals surface area contributed by atoms with Crippen molar-refractivity contribution in [3.8, 4) is 17.0 Å². The average Bonchev–Trinajstić information content (AvgIpc) is 3.36. The van der Waals surface area contributed by atoms with Crippen molar-refractivity contribution < 1.29 is 13.8 Å². The molecule has 0 aliphatic carbocycles. The maximum atomic E-state index is 14.5. The lowest BCUT2D eigenvalue weighted by Gasteiger charge is -2.22. The molecule has 1 atom stereocenters.